The van der Waals surface area contributed by atoms with E-state index in [4.69, 9.17) is 28.4 Å². The number of methoxy groups -OCH3 is 1. The number of benzene rings is 3. The lowest BCUT2D eigenvalue weighted by Gasteiger charge is -2.59. The van der Waals surface area contributed by atoms with Gasteiger partial charge in [-0.05, 0) is 43.0 Å². The van der Waals surface area contributed by atoms with Gasteiger partial charge in [-0.25, -0.2) is 9.59 Å². The molecular weight excluding hydrogens is 798 g/mol. The minimum Gasteiger partial charge on any atom is -0.493 e. The van der Waals surface area contributed by atoms with Gasteiger partial charge in [0.15, 0.2) is 23.0 Å². The summed E-state index contributed by atoms with van der Waals surface area (Å²) >= 11 is 1.00. The first kappa shape index (κ1) is 40.0. The molecule has 7 atom stereocenters. The van der Waals surface area contributed by atoms with Gasteiger partial charge in [-0.3, -0.25) is 14.5 Å². The van der Waals surface area contributed by atoms with E-state index in [9.17, 15) is 37.6 Å². The summed E-state index contributed by atoms with van der Waals surface area (Å²) in [7, 11) is 1.45. The lowest BCUT2D eigenvalue weighted by molar-refractivity contribution is -0.175. The molecule has 5 aliphatic heterocycles. The first-order chi connectivity index (χ1) is 28.2. The van der Waals surface area contributed by atoms with Crippen molar-refractivity contribution < 1.29 is 60.8 Å². The van der Waals surface area contributed by atoms with Crippen LogP contribution in [0.4, 0.5) is 13.2 Å². The van der Waals surface area contributed by atoms with E-state index in [1.807, 2.05) is 41.3 Å². The van der Waals surface area contributed by atoms with Crippen molar-refractivity contribution in [3.05, 3.63) is 81.4 Å². The van der Waals surface area contributed by atoms with Gasteiger partial charge in [-0.2, -0.15) is 18.4 Å². The number of amides is 1. The molecule has 0 saturated carbocycles. The average Bonchev–Trinajstić information content (AvgIpc) is 3.69. The SMILES string of the molecule is COc1c(C)cc2c(c1OC(=O)/C=C/c1ccccc1)C1NC(C2)[C@H](C#N)N2C1[C@@H]1SCC(NC(=O)C(F)(F)F)C(=O)OC[C@H]2c2c3c(c(C)c(OC(C)=O)c21)OCO3. The Balaban J connectivity index is 1.34. The summed E-state index contributed by atoms with van der Waals surface area (Å²) in [6.07, 6.45) is -2.10. The molecule has 4 bridgehead atoms. The van der Waals surface area contributed by atoms with Crippen molar-refractivity contribution in [1.82, 2.24) is 15.5 Å². The largest absolute Gasteiger partial charge is 0.493 e. The average molecular weight is 835 g/mol. The highest BCUT2D eigenvalue weighted by Crippen LogP contribution is 2.62. The van der Waals surface area contributed by atoms with Crippen LogP contribution in [0.15, 0.2) is 42.5 Å². The number of hydrogen-bond acceptors (Lipinski definition) is 14. The molecule has 59 heavy (non-hydrogen) atoms. The molecule has 0 radical (unpaired) electrons. The van der Waals surface area contributed by atoms with Gasteiger partial charge in [0.1, 0.15) is 24.4 Å². The second-order valence-corrected chi connectivity index (χ2v) is 15.8. The molecule has 14 nitrogen and oxygen atoms in total. The molecule has 5 aliphatic rings. The fraction of sp³-hybridized carbons (Fsp3) is 0.390. The van der Waals surface area contributed by atoms with E-state index >= 15 is 0 Å². The van der Waals surface area contributed by atoms with E-state index in [2.05, 4.69) is 11.4 Å². The van der Waals surface area contributed by atoms with Gasteiger partial charge >= 0.3 is 30.0 Å². The van der Waals surface area contributed by atoms with Crippen LogP contribution in [0, 0.1) is 25.2 Å². The third kappa shape index (κ3) is 7.00. The topological polar surface area (TPSA) is 175 Å². The number of cyclic esters (lactones) is 1. The molecule has 5 heterocycles. The Kier molecular flexibility index (Phi) is 10.5. The highest BCUT2D eigenvalue weighted by molar-refractivity contribution is 7.99. The van der Waals surface area contributed by atoms with Crippen molar-refractivity contribution in [2.24, 2.45) is 0 Å². The summed E-state index contributed by atoms with van der Waals surface area (Å²) in [5.74, 6) is -4.20. The number of ether oxygens (including phenoxy) is 6. The van der Waals surface area contributed by atoms with Crippen molar-refractivity contribution >= 4 is 41.7 Å². The Morgan fingerprint density at radius 1 is 1.03 bits per heavy atom. The maximum absolute atomic E-state index is 13.6. The minimum absolute atomic E-state index is 0.104. The maximum Gasteiger partial charge on any atom is 0.471 e. The lowest BCUT2D eigenvalue weighted by atomic mass is 9.72. The first-order valence-electron chi connectivity index (χ1n) is 18.6. The fourth-order valence-electron chi connectivity index (χ4n) is 8.85. The van der Waals surface area contributed by atoms with Crippen LogP contribution in [0.25, 0.3) is 6.08 Å². The first-order valence-corrected chi connectivity index (χ1v) is 19.6. The zero-order chi connectivity index (χ0) is 41.9. The Labute approximate surface area is 339 Å². The van der Waals surface area contributed by atoms with Crippen LogP contribution < -0.4 is 34.3 Å². The predicted octanol–water partition coefficient (Wildman–Crippen LogP) is 4.85. The molecule has 0 spiro atoms. The van der Waals surface area contributed by atoms with Gasteiger partial charge in [-0.15, -0.1) is 11.8 Å². The van der Waals surface area contributed by atoms with E-state index in [1.165, 1.54) is 20.1 Å². The number of aryl methyl sites for hydroxylation is 1. The molecule has 1 amide bonds. The Morgan fingerprint density at radius 3 is 2.47 bits per heavy atom. The van der Waals surface area contributed by atoms with Crippen LogP contribution in [0.3, 0.4) is 0 Å². The second-order valence-electron chi connectivity index (χ2n) is 14.6. The highest BCUT2D eigenvalue weighted by Gasteiger charge is 2.59. The summed E-state index contributed by atoms with van der Waals surface area (Å²) < 4.78 is 76.3. The van der Waals surface area contributed by atoms with Crippen LogP contribution in [0.1, 0.15) is 63.2 Å². The van der Waals surface area contributed by atoms with E-state index in [1.54, 1.807) is 25.2 Å². The number of carbonyl (C=O) groups is 4. The number of fused-ring (bicyclic) bond motifs is 9. The molecule has 2 N–H and O–H groups in total. The lowest BCUT2D eigenvalue weighted by Crippen LogP contribution is -2.69. The molecule has 2 fully saturated rings. The Bertz CT molecular complexity index is 2330. The van der Waals surface area contributed by atoms with Gasteiger partial charge in [0.2, 0.25) is 6.79 Å². The molecule has 0 aliphatic carbocycles. The van der Waals surface area contributed by atoms with Crippen LogP contribution >= 0.6 is 11.8 Å². The number of alkyl halides is 3. The summed E-state index contributed by atoms with van der Waals surface area (Å²) in [5.41, 5.74) is 3.94. The van der Waals surface area contributed by atoms with Crippen LogP contribution in [0.5, 0.6) is 28.7 Å². The minimum atomic E-state index is -5.30. The number of thioether (sulfide) groups is 1. The number of piperazine rings is 1. The summed E-state index contributed by atoms with van der Waals surface area (Å²) in [6, 6.07) is 7.68. The van der Waals surface area contributed by atoms with Crippen LogP contribution in [0.2, 0.25) is 0 Å². The Hall–Kier alpha value is -5.77. The van der Waals surface area contributed by atoms with Crippen molar-refractivity contribution in [2.75, 3.05) is 26.3 Å². The van der Waals surface area contributed by atoms with Gasteiger partial charge in [0, 0.05) is 53.1 Å². The second kappa shape index (κ2) is 15.4. The molecule has 3 aromatic rings. The van der Waals surface area contributed by atoms with E-state index in [0.29, 0.717) is 34.2 Å². The van der Waals surface area contributed by atoms with Gasteiger partial charge in [-0.1, -0.05) is 36.4 Å². The monoisotopic (exact) mass is 834 g/mol. The van der Waals surface area contributed by atoms with E-state index in [-0.39, 0.29) is 35.5 Å². The standard InChI is InChI=1S/C41H37F3N4O10S/c1-18-12-22-13-23-25(14-45)48-26-15-54-39(51)24(47-40(52)41(42,43)44)16-59-38(30-29(26)36-35(55-17-56-36)19(2)34(30)57-20(3)49)32(48)31(46-23)28(22)37(33(18)53-4)58-27(50)11-10-21-8-6-5-7-9-21/h5-12,23-26,31-32,38,46H,13,15-17H2,1-4H3,(H,47,52)/b11-10+/t23?,24?,25-,26-,31?,32?,38+/m0/s1. The number of nitriles is 1. The zero-order valence-electron chi connectivity index (χ0n) is 32.0. The van der Waals surface area contributed by atoms with Crippen LogP contribution in [-0.2, 0) is 30.3 Å². The smallest absolute Gasteiger partial charge is 0.471 e. The predicted molar refractivity (Wildman–Crippen MR) is 203 cm³/mol. The number of rotatable bonds is 6. The molecule has 4 unspecified atom stereocenters. The third-order valence-electron chi connectivity index (χ3n) is 11.1. The van der Waals surface area contributed by atoms with Gasteiger partial charge in [0.05, 0.1) is 30.5 Å². The van der Waals surface area contributed by atoms with Crippen molar-refractivity contribution in [3.63, 3.8) is 0 Å². The highest BCUT2D eigenvalue weighted by atomic mass is 32.2. The molecular formula is C41H37F3N4O10S. The normalized spacial score (nSPS) is 25.5. The maximum atomic E-state index is 13.6. The number of carbonyl (C=O) groups excluding carboxylic acids is 4. The van der Waals surface area contributed by atoms with Crippen molar-refractivity contribution in [1.29, 1.82) is 5.26 Å². The van der Waals surface area contributed by atoms with E-state index < -0.39 is 83.9 Å². The number of hydrogen-bond donors (Lipinski definition) is 2. The van der Waals surface area contributed by atoms with Crippen molar-refractivity contribution in [2.45, 2.75) is 74.9 Å². The van der Waals surface area contributed by atoms with Crippen LogP contribution in [-0.4, -0.2) is 85.3 Å². The number of nitrogens with zero attached hydrogens (tertiary/aromatic N) is 2. The number of halogens is 3. The molecule has 308 valence electrons. The zero-order valence-corrected chi connectivity index (χ0v) is 32.8. The molecule has 8 rings (SSSR count). The molecule has 2 saturated heterocycles. The number of esters is 3. The molecule has 3 aromatic carbocycles. The Morgan fingerprint density at radius 2 is 1.78 bits per heavy atom. The summed E-state index contributed by atoms with van der Waals surface area (Å²) in [6.45, 7) is 3.99. The summed E-state index contributed by atoms with van der Waals surface area (Å²) in [4.78, 5) is 54.1. The molecule has 0 aromatic heterocycles. The fourth-order valence-corrected chi connectivity index (χ4v) is 10.4. The number of nitrogens with one attached hydrogen (secondary N) is 2. The molecule has 18 heteroatoms. The van der Waals surface area contributed by atoms with Crippen molar-refractivity contribution in [3.8, 4) is 34.8 Å². The van der Waals surface area contributed by atoms with Gasteiger partial charge in [0.25, 0.3) is 0 Å². The quantitative estimate of drug-likeness (QED) is 0.196. The third-order valence-corrected chi connectivity index (χ3v) is 12.5. The van der Waals surface area contributed by atoms with E-state index in [0.717, 1.165) is 22.9 Å². The summed E-state index contributed by atoms with van der Waals surface area (Å²) in [5, 5.41) is 15.5. The van der Waals surface area contributed by atoms with Gasteiger partial charge < -0.3 is 39.1 Å².